The van der Waals surface area contributed by atoms with E-state index in [0.29, 0.717) is 5.92 Å². The lowest BCUT2D eigenvalue weighted by atomic mass is 9.89. The van der Waals surface area contributed by atoms with Crippen molar-refractivity contribution in [1.29, 1.82) is 0 Å². The number of nitrogens with zero attached hydrogens (tertiary/aromatic N) is 1. The first kappa shape index (κ1) is 11.0. The Kier molecular flexibility index (Phi) is 4.20. The van der Waals surface area contributed by atoms with Gasteiger partial charge in [-0.3, -0.25) is 0 Å². The molecule has 0 amide bonds. The minimum absolute atomic E-state index is 0.0507. The Hall–Kier alpha value is -0.0800. The van der Waals surface area contributed by atoms with E-state index in [2.05, 4.69) is 25.8 Å². The molecular weight excluding hydrogens is 162 g/mol. The van der Waals surface area contributed by atoms with Crippen LogP contribution in [0.25, 0.3) is 0 Å². The van der Waals surface area contributed by atoms with Crippen molar-refractivity contribution >= 4 is 0 Å². The lowest BCUT2D eigenvalue weighted by Crippen LogP contribution is -2.49. The molecule has 1 heterocycles. The fraction of sp³-hybridized carbons (Fsp3) is 1.00. The van der Waals surface area contributed by atoms with Crippen molar-refractivity contribution in [1.82, 2.24) is 4.90 Å². The third kappa shape index (κ3) is 3.28. The lowest BCUT2D eigenvalue weighted by molar-refractivity contribution is 0.00290. The highest BCUT2D eigenvalue weighted by Crippen LogP contribution is 2.22. The largest absolute Gasteiger partial charge is 0.393 e. The number of aliphatic hydroxyl groups excluding tert-OH is 1. The molecule has 0 aliphatic carbocycles. The molecule has 1 aliphatic rings. The second-order valence-electron chi connectivity index (χ2n) is 4.64. The van der Waals surface area contributed by atoms with Crippen LogP contribution in [0.1, 0.15) is 33.1 Å². The Morgan fingerprint density at radius 2 is 2.00 bits per heavy atom. The standard InChI is InChI=1S/C11H23NO/c1-4-9(2)5-6-11(13)10-7-12(3)8-10/h9-11,13H,4-8H2,1-3H3/t9-,11?/m1/s1. The Bertz CT molecular complexity index is 143. The second kappa shape index (κ2) is 4.97. The SMILES string of the molecule is CC[C@@H](C)CCC(O)C1CN(C)C1. The summed E-state index contributed by atoms with van der Waals surface area (Å²) in [5, 5.41) is 9.80. The molecule has 0 spiro atoms. The van der Waals surface area contributed by atoms with Crippen LogP contribution < -0.4 is 0 Å². The molecule has 2 heteroatoms. The molecule has 13 heavy (non-hydrogen) atoms. The summed E-state index contributed by atoms with van der Waals surface area (Å²) in [6.45, 7) is 6.65. The van der Waals surface area contributed by atoms with E-state index in [1.165, 1.54) is 12.8 Å². The summed E-state index contributed by atoms with van der Waals surface area (Å²) in [4.78, 5) is 2.26. The molecule has 2 atom stereocenters. The molecule has 1 saturated heterocycles. The summed E-state index contributed by atoms with van der Waals surface area (Å²) in [6.07, 6.45) is 3.35. The van der Waals surface area contributed by atoms with E-state index < -0.39 is 0 Å². The molecule has 1 fully saturated rings. The topological polar surface area (TPSA) is 23.5 Å². The average molecular weight is 185 g/mol. The molecule has 0 aromatic rings. The van der Waals surface area contributed by atoms with Gasteiger partial charge < -0.3 is 10.0 Å². The zero-order valence-corrected chi connectivity index (χ0v) is 9.16. The van der Waals surface area contributed by atoms with Crippen LogP contribution in [0.3, 0.4) is 0 Å². The summed E-state index contributed by atoms with van der Waals surface area (Å²) in [5.41, 5.74) is 0. The van der Waals surface area contributed by atoms with Crippen LogP contribution in [0.15, 0.2) is 0 Å². The number of hydrogen-bond donors (Lipinski definition) is 1. The fourth-order valence-electron chi connectivity index (χ4n) is 1.89. The summed E-state index contributed by atoms with van der Waals surface area (Å²) in [7, 11) is 2.11. The monoisotopic (exact) mass is 185 g/mol. The van der Waals surface area contributed by atoms with E-state index in [9.17, 15) is 5.11 Å². The smallest absolute Gasteiger partial charge is 0.0593 e. The number of aliphatic hydroxyl groups is 1. The summed E-state index contributed by atoms with van der Waals surface area (Å²) in [6, 6.07) is 0. The molecule has 1 N–H and O–H groups in total. The fourth-order valence-corrected chi connectivity index (χ4v) is 1.89. The highest BCUT2D eigenvalue weighted by Gasteiger charge is 2.29. The zero-order valence-electron chi connectivity index (χ0n) is 9.16. The Balaban J connectivity index is 2.07. The van der Waals surface area contributed by atoms with E-state index in [1.54, 1.807) is 0 Å². The minimum Gasteiger partial charge on any atom is -0.393 e. The quantitative estimate of drug-likeness (QED) is 0.705. The molecule has 0 radical (unpaired) electrons. The van der Waals surface area contributed by atoms with E-state index in [0.717, 1.165) is 25.4 Å². The van der Waals surface area contributed by atoms with Gasteiger partial charge in [0.15, 0.2) is 0 Å². The van der Waals surface area contributed by atoms with Crippen LogP contribution in [0.5, 0.6) is 0 Å². The van der Waals surface area contributed by atoms with E-state index >= 15 is 0 Å². The van der Waals surface area contributed by atoms with Crippen LogP contribution in [0, 0.1) is 11.8 Å². The van der Waals surface area contributed by atoms with Gasteiger partial charge in [-0.1, -0.05) is 20.3 Å². The van der Waals surface area contributed by atoms with Crippen LogP contribution in [0.4, 0.5) is 0 Å². The van der Waals surface area contributed by atoms with Crippen LogP contribution in [0.2, 0.25) is 0 Å². The summed E-state index contributed by atoms with van der Waals surface area (Å²) in [5.74, 6) is 1.32. The molecule has 1 unspecified atom stereocenters. The zero-order chi connectivity index (χ0) is 9.84. The highest BCUT2D eigenvalue weighted by atomic mass is 16.3. The average Bonchev–Trinajstić information content (AvgIpc) is 2.08. The molecule has 1 rings (SSSR count). The van der Waals surface area contributed by atoms with Crippen molar-refractivity contribution in [2.24, 2.45) is 11.8 Å². The maximum absolute atomic E-state index is 9.80. The van der Waals surface area contributed by atoms with Gasteiger partial charge in [-0.25, -0.2) is 0 Å². The van der Waals surface area contributed by atoms with Gasteiger partial charge in [0.25, 0.3) is 0 Å². The lowest BCUT2D eigenvalue weighted by Gasteiger charge is -2.39. The van der Waals surface area contributed by atoms with Crippen molar-refractivity contribution in [3.8, 4) is 0 Å². The molecule has 78 valence electrons. The van der Waals surface area contributed by atoms with Gasteiger partial charge in [-0.15, -0.1) is 0 Å². The Morgan fingerprint density at radius 1 is 1.38 bits per heavy atom. The first-order valence-electron chi connectivity index (χ1n) is 5.50. The van der Waals surface area contributed by atoms with Crippen molar-refractivity contribution in [2.75, 3.05) is 20.1 Å². The third-order valence-electron chi connectivity index (χ3n) is 3.29. The minimum atomic E-state index is -0.0507. The molecule has 0 aromatic carbocycles. The number of likely N-dealkylation sites (tertiary alicyclic amines) is 1. The Labute approximate surface area is 81.9 Å². The van der Waals surface area contributed by atoms with Gasteiger partial charge in [-0.2, -0.15) is 0 Å². The molecule has 2 nitrogen and oxygen atoms in total. The van der Waals surface area contributed by atoms with Crippen LogP contribution in [-0.4, -0.2) is 36.2 Å². The molecule has 0 bridgehead atoms. The van der Waals surface area contributed by atoms with Gasteiger partial charge in [0.1, 0.15) is 0 Å². The second-order valence-corrected chi connectivity index (χ2v) is 4.64. The molecule has 0 saturated carbocycles. The first-order valence-corrected chi connectivity index (χ1v) is 5.50. The van der Waals surface area contributed by atoms with Crippen molar-refractivity contribution < 1.29 is 5.11 Å². The predicted molar refractivity (Wildman–Crippen MR) is 55.7 cm³/mol. The van der Waals surface area contributed by atoms with Crippen LogP contribution >= 0.6 is 0 Å². The Morgan fingerprint density at radius 3 is 2.46 bits per heavy atom. The van der Waals surface area contributed by atoms with Crippen molar-refractivity contribution in [2.45, 2.75) is 39.2 Å². The third-order valence-corrected chi connectivity index (χ3v) is 3.29. The number of rotatable bonds is 5. The molecule has 0 aromatic heterocycles. The molecular formula is C11H23NO. The predicted octanol–water partition coefficient (Wildman–Crippen LogP) is 1.74. The van der Waals surface area contributed by atoms with Gasteiger partial charge in [0, 0.05) is 19.0 Å². The van der Waals surface area contributed by atoms with Crippen molar-refractivity contribution in [3.63, 3.8) is 0 Å². The summed E-state index contributed by atoms with van der Waals surface area (Å²) < 4.78 is 0. The number of hydrogen-bond acceptors (Lipinski definition) is 2. The van der Waals surface area contributed by atoms with Crippen LogP contribution in [-0.2, 0) is 0 Å². The maximum Gasteiger partial charge on any atom is 0.0593 e. The van der Waals surface area contributed by atoms with E-state index in [4.69, 9.17) is 0 Å². The van der Waals surface area contributed by atoms with Gasteiger partial charge in [0.05, 0.1) is 6.10 Å². The van der Waals surface area contributed by atoms with E-state index in [1.807, 2.05) is 0 Å². The molecule has 1 aliphatic heterocycles. The van der Waals surface area contributed by atoms with Crippen molar-refractivity contribution in [3.05, 3.63) is 0 Å². The normalized spacial score (nSPS) is 24.0. The summed E-state index contributed by atoms with van der Waals surface area (Å²) >= 11 is 0. The van der Waals surface area contributed by atoms with Gasteiger partial charge in [-0.05, 0) is 25.8 Å². The van der Waals surface area contributed by atoms with Gasteiger partial charge >= 0.3 is 0 Å². The maximum atomic E-state index is 9.80. The first-order chi connectivity index (χ1) is 6.13. The van der Waals surface area contributed by atoms with Gasteiger partial charge in [0.2, 0.25) is 0 Å². The highest BCUT2D eigenvalue weighted by molar-refractivity contribution is 4.82. The van der Waals surface area contributed by atoms with E-state index in [-0.39, 0.29) is 6.10 Å².